The first-order valence-corrected chi connectivity index (χ1v) is 8.72. The van der Waals surface area contributed by atoms with E-state index in [-0.39, 0.29) is 17.7 Å². The van der Waals surface area contributed by atoms with Gasteiger partial charge in [0.1, 0.15) is 5.76 Å². The maximum absolute atomic E-state index is 12.5. The molecular weight excluding hydrogens is 326 g/mol. The predicted molar refractivity (Wildman–Crippen MR) is 99.1 cm³/mol. The lowest BCUT2D eigenvalue weighted by molar-refractivity contribution is 0.0909. The van der Waals surface area contributed by atoms with Crippen molar-refractivity contribution in [3.63, 3.8) is 0 Å². The first kappa shape index (κ1) is 16.3. The van der Waals surface area contributed by atoms with Crippen LogP contribution in [0.3, 0.4) is 0 Å². The molecule has 1 atom stereocenters. The Morgan fingerprint density at radius 3 is 2.54 bits per heavy atom. The molecule has 1 aliphatic carbocycles. The van der Waals surface area contributed by atoms with E-state index in [1.807, 2.05) is 24.3 Å². The van der Waals surface area contributed by atoms with Gasteiger partial charge in [-0.3, -0.25) is 9.59 Å². The summed E-state index contributed by atoms with van der Waals surface area (Å²) in [4.78, 5) is 23.9. The predicted octanol–water partition coefficient (Wildman–Crippen LogP) is 4.57. The number of ketones is 1. The summed E-state index contributed by atoms with van der Waals surface area (Å²) in [7, 11) is 0. The fourth-order valence-electron chi connectivity index (χ4n) is 3.42. The van der Waals surface area contributed by atoms with Gasteiger partial charge >= 0.3 is 0 Å². The molecule has 0 saturated heterocycles. The summed E-state index contributed by atoms with van der Waals surface area (Å²) in [5.41, 5.74) is 3.97. The van der Waals surface area contributed by atoms with Crippen molar-refractivity contribution in [3.05, 3.63) is 83.1 Å². The summed E-state index contributed by atoms with van der Waals surface area (Å²) in [6, 6.07) is 18.9. The summed E-state index contributed by atoms with van der Waals surface area (Å²) >= 11 is 0. The van der Waals surface area contributed by atoms with Gasteiger partial charge in [0.15, 0.2) is 11.5 Å². The zero-order valence-corrected chi connectivity index (χ0v) is 14.5. The van der Waals surface area contributed by atoms with Crippen molar-refractivity contribution in [1.29, 1.82) is 0 Å². The standard InChI is InChI=1S/C22H19NO3/c1-14(24)15-6-8-17(9-7-15)20-12-13-21(26-20)22(25)23-19-11-10-16-4-2-3-5-18(16)19/h2-9,12-13,19H,10-11H2,1H3,(H,23,25). The molecule has 1 aromatic heterocycles. The number of hydrogen-bond acceptors (Lipinski definition) is 3. The summed E-state index contributed by atoms with van der Waals surface area (Å²) < 4.78 is 5.73. The minimum absolute atomic E-state index is 0.0212. The van der Waals surface area contributed by atoms with E-state index in [1.54, 1.807) is 24.3 Å². The summed E-state index contributed by atoms with van der Waals surface area (Å²) in [5, 5.41) is 3.06. The van der Waals surface area contributed by atoms with Gasteiger partial charge in [0.2, 0.25) is 0 Å². The summed E-state index contributed by atoms with van der Waals surface area (Å²) in [5.74, 6) is 0.711. The zero-order valence-electron chi connectivity index (χ0n) is 14.5. The van der Waals surface area contributed by atoms with Crippen LogP contribution in [-0.4, -0.2) is 11.7 Å². The van der Waals surface area contributed by atoms with Crippen LogP contribution in [0.15, 0.2) is 65.1 Å². The van der Waals surface area contributed by atoms with Crippen LogP contribution in [-0.2, 0) is 6.42 Å². The maximum Gasteiger partial charge on any atom is 0.287 e. The Morgan fingerprint density at radius 2 is 1.77 bits per heavy atom. The number of hydrogen-bond donors (Lipinski definition) is 1. The highest BCUT2D eigenvalue weighted by atomic mass is 16.3. The second-order valence-electron chi connectivity index (χ2n) is 6.56. The number of nitrogens with one attached hydrogen (secondary N) is 1. The number of benzene rings is 2. The average Bonchev–Trinajstić information content (AvgIpc) is 3.30. The topological polar surface area (TPSA) is 59.3 Å². The van der Waals surface area contributed by atoms with E-state index < -0.39 is 0 Å². The van der Waals surface area contributed by atoms with Crippen LogP contribution in [0.5, 0.6) is 0 Å². The lowest BCUT2D eigenvalue weighted by atomic mass is 10.1. The van der Waals surface area contributed by atoms with Crippen molar-refractivity contribution in [2.45, 2.75) is 25.8 Å². The number of fused-ring (bicyclic) bond motifs is 1. The van der Waals surface area contributed by atoms with E-state index in [0.717, 1.165) is 18.4 Å². The van der Waals surface area contributed by atoms with Crippen molar-refractivity contribution in [3.8, 4) is 11.3 Å². The molecule has 4 heteroatoms. The van der Waals surface area contributed by atoms with E-state index in [4.69, 9.17) is 4.42 Å². The molecule has 1 unspecified atom stereocenters. The third kappa shape index (κ3) is 3.06. The van der Waals surface area contributed by atoms with Crippen molar-refractivity contribution in [2.75, 3.05) is 0 Å². The maximum atomic E-state index is 12.5. The Bertz CT molecular complexity index is 969. The molecule has 3 aromatic rings. The van der Waals surface area contributed by atoms with Gasteiger partial charge in [-0.2, -0.15) is 0 Å². The van der Waals surface area contributed by atoms with Crippen molar-refractivity contribution in [2.24, 2.45) is 0 Å². The number of aryl methyl sites for hydroxylation is 1. The van der Waals surface area contributed by atoms with Gasteiger partial charge in [-0.25, -0.2) is 0 Å². The van der Waals surface area contributed by atoms with Crippen LogP contribution in [0.25, 0.3) is 11.3 Å². The van der Waals surface area contributed by atoms with E-state index in [1.165, 1.54) is 18.1 Å². The lowest BCUT2D eigenvalue weighted by Crippen LogP contribution is -2.26. The Hall–Kier alpha value is -3.14. The van der Waals surface area contributed by atoms with E-state index >= 15 is 0 Å². The fraction of sp³-hybridized carbons (Fsp3) is 0.182. The number of furan rings is 1. The van der Waals surface area contributed by atoms with Crippen LogP contribution in [0.2, 0.25) is 0 Å². The highest BCUT2D eigenvalue weighted by Gasteiger charge is 2.24. The normalized spacial score (nSPS) is 15.5. The zero-order chi connectivity index (χ0) is 18.1. The Balaban J connectivity index is 1.49. The van der Waals surface area contributed by atoms with Crippen LogP contribution < -0.4 is 5.32 Å². The number of Topliss-reactive ketones (excluding diaryl/α,β-unsaturated/α-hetero) is 1. The number of amides is 1. The molecule has 26 heavy (non-hydrogen) atoms. The second-order valence-corrected chi connectivity index (χ2v) is 6.56. The molecule has 0 saturated carbocycles. The molecule has 0 fully saturated rings. The monoisotopic (exact) mass is 345 g/mol. The van der Waals surface area contributed by atoms with Gasteiger partial charge in [0.25, 0.3) is 5.91 Å². The number of carbonyl (C=O) groups excluding carboxylic acids is 2. The molecule has 0 aliphatic heterocycles. The molecule has 2 aromatic carbocycles. The highest BCUT2D eigenvalue weighted by molar-refractivity contribution is 5.94. The molecule has 1 heterocycles. The number of rotatable bonds is 4. The van der Waals surface area contributed by atoms with Crippen LogP contribution in [0.1, 0.15) is 51.4 Å². The average molecular weight is 345 g/mol. The van der Waals surface area contributed by atoms with Gasteiger partial charge < -0.3 is 9.73 Å². The first-order chi connectivity index (χ1) is 12.6. The largest absolute Gasteiger partial charge is 0.451 e. The molecule has 4 nitrogen and oxygen atoms in total. The Morgan fingerprint density at radius 1 is 1.00 bits per heavy atom. The third-order valence-corrected chi connectivity index (χ3v) is 4.84. The molecule has 1 N–H and O–H groups in total. The quantitative estimate of drug-likeness (QED) is 0.705. The minimum atomic E-state index is -0.210. The summed E-state index contributed by atoms with van der Waals surface area (Å²) in [6.45, 7) is 1.53. The van der Waals surface area contributed by atoms with Gasteiger partial charge in [-0.05, 0) is 43.0 Å². The molecular formula is C22H19NO3. The second kappa shape index (κ2) is 6.64. The van der Waals surface area contributed by atoms with Crippen molar-refractivity contribution >= 4 is 11.7 Å². The molecule has 0 spiro atoms. The van der Waals surface area contributed by atoms with Crippen LogP contribution >= 0.6 is 0 Å². The van der Waals surface area contributed by atoms with Crippen LogP contribution in [0, 0.1) is 0 Å². The lowest BCUT2D eigenvalue weighted by Gasteiger charge is -2.12. The Labute approximate surface area is 151 Å². The van der Waals surface area contributed by atoms with Gasteiger partial charge in [-0.1, -0.05) is 48.5 Å². The molecule has 1 amide bonds. The minimum Gasteiger partial charge on any atom is -0.451 e. The molecule has 4 rings (SSSR count). The smallest absolute Gasteiger partial charge is 0.287 e. The van der Waals surface area contributed by atoms with Gasteiger partial charge in [-0.15, -0.1) is 0 Å². The number of carbonyl (C=O) groups is 2. The fourth-order valence-corrected chi connectivity index (χ4v) is 3.42. The van der Waals surface area contributed by atoms with Gasteiger partial charge in [0.05, 0.1) is 6.04 Å². The van der Waals surface area contributed by atoms with Crippen molar-refractivity contribution in [1.82, 2.24) is 5.32 Å². The SMILES string of the molecule is CC(=O)c1ccc(-c2ccc(C(=O)NC3CCc4ccccc43)o2)cc1. The van der Waals surface area contributed by atoms with Crippen molar-refractivity contribution < 1.29 is 14.0 Å². The molecule has 1 aliphatic rings. The first-order valence-electron chi connectivity index (χ1n) is 8.72. The summed E-state index contributed by atoms with van der Waals surface area (Å²) in [6.07, 6.45) is 1.89. The third-order valence-electron chi connectivity index (χ3n) is 4.84. The molecule has 130 valence electrons. The van der Waals surface area contributed by atoms with E-state index in [2.05, 4.69) is 17.4 Å². The van der Waals surface area contributed by atoms with E-state index in [9.17, 15) is 9.59 Å². The van der Waals surface area contributed by atoms with E-state index in [0.29, 0.717) is 17.1 Å². The van der Waals surface area contributed by atoms with Crippen LogP contribution in [0.4, 0.5) is 0 Å². The molecule has 0 bridgehead atoms. The van der Waals surface area contributed by atoms with Gasteiger partial charge in [0, 0.05) is 11.1 Å². The molecule has 0 radical (unpaired) electrons. The Kier molecular flexibility index (Phi) is 4.17. The highest BCUT2D eigenvalue weighted by Crippen LogP contribution is 2.31.